The first-order chi connectivity index (χ1) is 15.8. The minimum atomic E-state index is 1.01. The highest BCUT2D eigenvalue weighted by Gasteiger charge is 2.17. The number of pyridine rings is 1. The van der Waals surface area contributed by atoms with Gasteiger partial charge in [0.05, 0.1) is 5.52 Å². The molecule has 0 bridgehead atoms. The molecule has 5 rings (SSSR count). The van der Waals surface area contributed by atoms with Gasteiger partial charge in [-0.3, -0.25) is 14.8 Å². The second kappa shape index (κ2) is 9.47. The van der Waals surface area contributed by atoms with E-state index in [2.05, 4.69) is 94.2 Å². The molecule has 3 heteroatoms. The molecule has 1 aliphatic rings. The molecule has 2 heterocycles. The lowest BCUT2D eigenvalue weighted by Gasteiger charge is -2.34. The summed E-state index contributed by atoms with van der Waals surface area (Å²) < 4.78 is 0. The van der Waals surface area contributed by atoms with E-state index in [0.29, 0.717) is 0 Å². The molecule has 0 spiro atoms. The van der Waals surface area contributed by atoms with Gasteiger partial charge in [0, 0.05) is 56.4 Å². The number of benzene rings is 3. The molecule has 0 radical (unpaired) electrons. The average molecular weight is 420 g/mol. The fourth-order valence-corrected chi connectivity index (χ4v) is 4.57. The normalized spacial score (nSPS) is 15.1. The number of aromatic nitrogens is 1. The minimum absolute atomic E-state index is 1.01. The zero-order valence-corrected chi connectivity index (χ0v) is 18.5. The molecular weight excluding hydrogens is 390 g/mol. The number of nitrogens with zero attached hydrogens (tertiary/aromatic N) is 3. The maximum absolute atomic E-state index is 4.60. The Balaban J connectivity index is 1.19. The first-order valence-electron chi connectivity index (χ1n) is 11.4. The van der Waals surface area contributed by atoms with Crippen molar-refractivity contribution in [3.05, 3.63) is 108 Å². The van der Waals surface area contributed by atoms with Gasteiger partial charge in [-0.1, -0.05) is 85.5 Å². The third-order valence-corrected chi connectivity index (χ3v) is 6.36. The van der Waals surface area contributed by atoms with Crippen LogP contribution in [0.1, 0.15) is 16.7 Å². The fraction of sp³-hybridized carbons (Fsp3) is 0.207. The van der Waals surface area contributed by atoms with Crippen molar-refractivity contribution >= 4 is 17.0 Å². The van der Waals surface area contributed by atoms with Crippen molar-refractivity contribution in [1.82, 2.24) is 14.8 Å². The lowest BCUT2D eigenvalue weighted by molar-refractivity contribution is 0.122. The molecule has 3 nitrogen and oxygen atoms in total. The quantitative estimate of drug-likeness (QED) is 0.390. The van der Waals surface area contributed by atoms with Crippen molar-refractivity contribution in [3.8, 4) is 11.1 Å². The van der Waals surface area contributed by atoms with Crippen LogP contribution in [-0.2, 0) is 13.1 Å². The van der Waals surface area contributed by atoms with E-state index in [1.807, 2.05) is 18.3 Å². The van der Waals surface area contributed by atoms with Crippen molar-refractivity contribution in [1.29, 1.82) is 0 Å². The summed E-state index contributed by atoms with van der Waals surface area (Å²) in [6.45, 7) is 10.3. The second-order valence-corrected chi connectivity index (χ2v) is 8.58. The Morgan fingerprint density at radius 1 is 0.750 bits per heavy atom. The summed E-state index contributed by atoms with van der Waals surface area (Å²) in [5.41, 5.74) is 7.43. The second-order valence-electron chi connectivity index (χ2n) is 8.58. The van der Waals surface area contributed by atoms with Gasteiger partial charge in [-0.05, 0) is 28.3 Å². The molecule has 1 aliphatic heterocycles. The molecule has 1 fully saturated rings. The van der Waals surface area contributed by atoms with Gasteiger partial charge in [0.15, 0.2) is 0 Å². The molecule has 0 saturated carbocycles. The van der Waals surface area contributed by atoms with Crippen molar-refractivity contribution in [2.75, 3.05) is 26.2 Å². The molecule has 0 aliphatic carbocycles. The molecule has 0 amide bonds. The molecule has 0 unspecified atom stereocenters. The molecule has 1 aromatic heterocycles. The molecule has 32 heavy (non-hydrogen) atoms. The van der Waals surface area contributed by atoms with E-state index in [0.717, 1.165) is 44.8 Å². The number of fused-ring (bicyclic) bond motifs is 1. The maximum atomic E-state index is 4.60. The molecule has 0 atom stereocenters. The molecule has 0 N–H and O–H groups in total. The number of rotatable bonds is 6. The van der Waals surface area contributed by atoms with Crippen LogP contribution >= 0.6 is 0 Å². The standard InChI is InChI=1S/C29H29N3/c1-2-23-6-3-7-25(20-23)22-32-18-16-31(17-19-32)21-24-11-13-26(14-12-24)28-10-4-8-27-9-5-15-30-29(27)28/h2-15,20H,1,16-19,21-22H2. The topological polar surface area (TPSA) is 19.4 Å². The zero-order chi connectivity index (χ0) is 21.8. The third kappa shape index (κ3) is 4.64. The summed E-state index contributed by atoms with van der Waals surface area (Å²) in [4.78, 5) is 9.71. The van der Waals surface area contributed by atoms with Crippen LogP contribution in [0.2, 0.25) is 0 Å². The summed E-state index contributed by atoms with van der Waals surface area (Å²) in [5.74, 6) is 0. The van der Waals surface area contributed by atoms with Crippen LogP contribution in [0.5, 0.6) is 0 Å². The van der Waals surface area contributed by atoms with Crippen LogP contribution in [0.4, 0.5) is 0 Å². The predicted octanol–water partition coefficient (Wildman–Crippen LogP) is 5.86. The van der Waals surface area contributed by atoms with E-state index in [1.165, 1.54) is 33.2 Å². The summed E-state index contributed by atoms with van der Waals surface area (Å²) in [6, 6.07) is 28.2. The Morgan fingerprint density at radius 2 is 1.44 bits per heavy atom. The first-order valence-corrected chi connectivity index (χ1v) is 11.4. The Kier molecular flexibility index (Phi) is 6.11. The monoisotopic (exact) mass is 419 g/mol. The van der Waals surface area contributed by atoms with E-state index in [4.69, 9.17) is 0 Å². The van der Waals surface area contributed by atoms with Crippen LogP contribution in [0.25, 0.3) is 28.1 Å². The predicted molar refractivity (Wildman–Crippen MR) is 134 cm³/mol. The first kappa shape index (κ1) is 20.6. The van der Waals surface area contributed by atoms with Crippen LogP contribution in [-0.4, -0.2) is 41.0 Å². The summed E-state index contributed by atoms with van der Waals surface area (Å²) in [5, 5.41) is 1.18. The van der Waals surface area contributed by atoms with E-state index < -0.39 is 0 Å². The van der Waals surface area contributed by atoms with Gasteiger partial charge in [0.2, 0.25) is 0 Å². The molecule has 4 aromatic rings. The Bertz CT molecular complexity index is 1200. The molecule has 3 aromatic carbocycles. The number of hydrogen-bond acceptors (Lipinski definition) is 3. The van der Waals surface area contributed by atoms with Gasteiger partial charge in [0.1, 0.15) is 0 Å². The van der Waals surface area contributed by atoms with E-state index >= 15 is 0 Å². The summed E-state index contributed by atoms with van der Waals surface area (Å²) in [6.07, 6.45) is 3.79. The number of hydrogen-bond donors (Lipinski definition) is 0. The van der Waals surface area contributed by atoms with Crippen LogP contribution in [0.3, 0.4) is 0 Å². The van der Waals surface area contributed by atoms with E-state index in [-0.39, 0.29) is 0 Å². The average Bonchev–Trinajstić information content (AvgIpc) is 2.85. The largest absolute Gasteiger partial charge is 0.297 e. The van der Waals surface area contributed by atoms with E-state index in [9.17, 15) is 0 Å². The lowest BCUT2D eigenvalue weighted by atomic mass is 10.0. The Labute approximate surface area is 190 Å². The van der Waals surface area contributed by atoms with Crippen LogP contribution in [0.15, 0.2) is 91.6 Å². The lowest BCUT2D eigenvalue weighted by Crippen LogP contribution is -2.45. The SMILES string of the molecule is C=Cc1cccc(CN2CCN(Cc3ccc(-c4cccc5cccnc45)cc3)CC2)c1. The minimum Gasteiger partial charge on any atom is -0.297 e. The Hall–Kier alpha value is -3.27. The van der Waals surface area contributed by atoms with Crippen LogP contribution < -0.4 is 0 Å². The maximum Gasteiger partial charge on any atom is 0.0780 e. The fourth-order valence-electron chi connectivity index (χ4n) is 4.57. The smallest absolute Gasteiger partial charge is 0.0780 e. The summed E-state index contributed by atoms with van der Waals surface area (Å²) in [7, 11) is 0. The summed E-state index contributed by atoms with van der Waals surface area (Å²) >= 11 is 0. The highest BCUT2D eigenvalue weighted by molar-refractivity contribution is 5.93. The van der Waals surface area contributed by atoms with Crippen molar-refractivity contribution in [3.63, 3.8) is 0 Å². The molecular formula is C29H29N3. The van der Waals surface area contributed by atoms with Gasteiger partial charge >= 0.3 is 0 Å². The van der Waals surface area contributed by atoms with Crippen molar-refractivity contribution < 1.29 is 0 Å². The van der Waals surface area contributed by atoms with E-state index in [1.54, 1.807) is 0 Å². The van der Waals surface area contributed by atoms with Gasteiger partial charge in [-0.2, -0.15) is 0 Å². The highest BCUT2D eigenvalue weighted by atomic mass is 15.3. The van der Waals surface area contributed by atoms with Crippen molar-refractivity contribution in [2.45, 2.75) is 13.1 Å². The Morgan fingerprint density at radius 3 is 2.19 bits per heavy atom. The van der Waals surface area contributed by atoms with Crippen molar-refractivity contribution in [2.24, 2.45) is 0 Å². The van der Waals surface area contributed by atoms with Gasteiger partial charge in [-0.25, -0.2) is 0 Å². The highest BCUT2D eigenvalue weighted by Crippen LogP contribution is 2.27. The van der Waals surface area contributed by atoms with Gasteiger partial charge in [0.25, 0.3) is 0 Å². The zero-order valence-electron chi connectivity index (χ0n) is 18.5. The van der Waals surface area contributed by atoms with Crippen LogP contribution in [0, 0.1) is 0 Å². The number of para-hydroxylation sites is 1. The third-order valence-electron chi connectivity index (χ3n) is 6.36. The molecule has 1 saturated heterocycles. The molecule has 160 valence electrons. The number of piperazine rings is 1. The van der Waals surface area contributed by atoms with Gasteiger partial charge in [-0.15, -0.1) is 0 Å². The van der Waals surface area contributed by atoms with Gasteiger partial charge < -0.3 is 0 Å².